The number of halogens is 2. The van der Waals surface area contributed by atoms with E-state index in [1.165, 1.54) is 23.1 Å². The number of thioether (sulfide) groups is 1. The summed E-state index contributed by atoms with van der Waals surface area (Å²) in [7, 11) is 0. The second-order valence-electron chi connectivity index (χ2n) is 4.90. The molecule has 1 fully saturated rings. The lowest BCUT2D eigenvalue weighted by atomic mass is 10.1. The van der Waals surface area contributed by atoms with Gasteiger partial charge >= 0.3 is 0 Å². The van der Waals surface area contributed by atoms with Crippen LogP contribution in [0.1, 0.15) is 15.9 Å². The highest BCUT2D eigenvalue weighted by Crippen LogP contribution is 2.37. The number of aldehydes is 1. The molecule has 1 aliphatic heterocycles. The van der Waals surface area contributed by atoms with Crippen LogP contribution in [0.25, 0.3) is 6.08 Å². The van der Waals surface area contributed by atoms with Gasteiger partial charge in [0.1, 0.15) is 12.1 Å². The molecule has 3 nitrogen and oxygen atoms in total. The van der Waals surface area contributed by atoms with Crippen molar-refractivity contribution in [2.45, 2.75) is 0 Å². The highest BCUT2D eigenvalue weighted by Gasteiger charge is 2.33. The highest BCUT2D eigenvalue weighted by atomic mass is 35.5. The van der Waals surface area contributed by atoms with E-state index >= 15 is 0 Å². The second kappa shape index (κ2) is 6.84. The lowest BCUT2D eigenvalue weighted by molar-refractivity contribution is -0.113. The van der Waals surface area contributed by atoms with Crippen LogP contribution in [-0.2, 0) is 4.79 Å². The van der Waals surface area contributed by atoms with Gasteiger partial charge in [0.2, 0.25) is 0 Å². The Bertz CT molecular complexity index is 881. The Morgan fingerprint density at radius 1 is 1.12 bits per heavy atom. The van der Waals surface area contributed by atoms with Gasteiger partial charge in [0.05, 0.1) is 15.6 Å². The van der Waals surface area contributed by atoms with Gasteiger partial charge in [0.15, 0.2) is 4.32 Å². The van der Waals surface area contributed by atoms with Crippen LogP contribution in [0.15, 0.2) is 47.4 Å². The van der Waals surface area contributed by atoms with Crippen molar-refractivity contribution in [3.05, 3.63) is 69.3 Å². The number of amides is 1. The van der Waals surface area contributed by atoms with Crippen LogP contribution in [0, 0.1) is 5.82 Å². The SMILES string of the molecule is O=Cc1ccc(C=C2SC(=S)N(c3ccc(F)c(Cl)c3)C2=O)cc1. The summed E-state index contributed by atoms with van der Waals surface area (Å²) < 4.78 is 13.6. The molecule has 0 radical (unpaired) electrons. The number of rotatable bonds is 3. The van der Waals surface area contributed by atoms with Gasteiger partial charge in [0.25, 0.3) is 5.91 Å². The number of anilines is 1. The van der Waals surface area contributed by atoms with E-state index in [-0.39, 0.29) is 10.9 Å². The Balaban J connectivity index is 1.91. The predicted molar refractivity (Wildman–Crippen MR) is 98.9 cm³/mol. The van der Waals surface area contributed by atoms with Crippen LogP contribution < -0.4 is 4.90 Å². The average Bonchev–Trinajstić information content (AvgIpc) is 2.85. The van der Waals surface area contributed by atoms with Crippen molar-refractivity contribution in [3.8, 4) is 0 Å². The van der Waals surface area contributed by atoms with Gasteiger partial charge in [-0.2, -0.15) is 0 Å². The van der Waals surface area contributed by atoms with Crippen LogP contribution in [-0.4, -0.2) is 16.5 Å². The monoisotopic (exact) mass is 377 g/mol. The van der Waals surface area contributed by atoms with E-state index in [1.807, 2.05) is 0 Å². The van der Waals surface area contributed by atoms with E-state index in [4.69, 9.17) is 23.8 Å². The van der Waals surface area contributed by atoms with Crippen molar-refractivity contribution in [2.75, 3.05) is 4.90 Å². The Morgan fingerprint density at radius 2 is 1.79 bits per heavy atom. The van der Waals surface area contributed by atoms with Crippen LogP contribution in [0.2, 0.25) is 5.02 Å². The number of carbonyl (C=O) groups is 2. The molecule has 2 aromatic carbocycles. The molecule has 0 unspecified atom stereocenters. The first-order valence-electron chi connectivity index (χ1n) is 6.78. The van der Waals surface area contributed by atoms with Crippen LogP contribution in [0.5, 0.6) is 0 Å². The Morgan fingerprint density at radius 3 is 2.42 bits per heavy atom. The first-order valence-corrected chi connectivity index (χ1v) is 8.38. The minimum absolute atomic E-state index is 0.0741. The number of benzene rings is 2. The summed E-state index contributed by atoms with van der Waals surface area (Å²) in [6, 6.07) is 10.8. The van der Waals surface area contributed by atoms with Crippen LogP contribution >= 0.6 is 35.6 Å². The molecule has 0 N–H and O–H groups in total. The molecule has 0 saturated carbocycles. The van der Waals surface area contributed by atoms with Gasteiger partial charge in [-0.15, -0.1) is 0 Å². The molecule has 2 aromatic rings. The molecule has 0 aromatic heterocycles. The molecule has 1 saturated heterocycles. The topological polar surface area (TPSA) is 37.4 Å². The van der Waals surface area contributed by atoms with Crippen molar-refractivity contribution in [1.82, 2.24) is 0 Å². The quantitative estimate of drug-likeness (QED) is 0.441. The Kier molecular flexibility index (Phi) is 4.80. The zero-order valence-electron chi connectivity index (χ0n) is 12.0. The molecule has 0 aliphatic carbocycles. The first kappa shape index (κ1) is 16.8. The average molecular weight is 378 g/mol. The number of thiocarbonyl (C=S) groups is 1. The summed E-state index contributed by atoms with van der Waals surface area (Å²) in [5, 5.41) is -0.0741. The maximum absolute atomic E-state index is 13.3. The molecular weight excluding hydrogens is 369 g/mol. The summed E-state index contributed by atoms with van der Waals surface area (Å²) in [5.41, 5.74) is 1.75. The predicted octanol–water partition coefficient (Wildman–Crippen LogP) is 4.70. The Hall–Kier alpha value is -2.02. The van der Waals surface area contributed by atoms with E-state index in [1.54, 1.807) is 30.3 Å². The smallest absolute Gasteiger partial charge is 0.270 e. The molecule has 1 heterocycles. The summed E-state index contributed by atoms with van der Waals surface area (Å²) in [6.07, 6.45) is 2.44. The maximum Gasteiger partial charge on any atom is 0.270 e. The second-order valence-corrected chi connectivity index (χ2v) is 6.98. The van der Waals surface area contributed by atoms with E-state index in [2.05, 4.69) is 0 Å². The summed E-state index contributed by atoms with van der Waals surface area (Å²) >= 11 is 12.2. The molecule has 0 spiro atoms. The van der Waals surface area contributed by atoms with E-state index in [0.29, 0.717) is 20.5 Å². The van der Waals surface area contributed by atoms with Crippen molar-refractivity contribution >= 4 is 63.9 Å². The molecule has 0 atom stereocenters. The first-order chi connectivity index (χ1) is 11.5. The lowest BCUT2D eigenvalue weighted by Crippen LogP contribution is -2.27. The number of hydrogen-bond donors (Lipinski definition) is 0. The fourth-order valence-electron chi connectivity index (χ4n) is 2.14. The zero-order chi connectivity index (χ0) is 17.3. The molecule has 24 heavy (non-hydrogen) atoms. The third-order valence-electron chi connectivity index (χ3n) is 3.33. The van der Waals surface area contributed by atoms with Gasteiger partial charge in [-0.1, -0.05) is 59.8 Å². The van der Waals surface area contributed by atoms with Crippen LogP contribution in [0.4, 0.5) is 10.1 Å². The number of hydrogen-bond acceptors (Lipinski definition) is 4. The van der Waals surface area contributed by atoms with Crippen molar-refractivity contribution < 1.29 is 14.0 Å². The molecule has 7 heteroatoms. The lowest BCUT2D eigenvalue weighted by Gasteiger charge is -2.14. The van der Waals surface area contributed by atoms with E-state index < -0.39 is 5.82 Å². The fraction of sp³-hybridized carbons (Fsp3) is 0. The standard InChI is InChI=1S/C17H9ClFNO2S2/c18-13-8-12(5-6-14(13)19)20-16(22)15(24-17(20)23)7-10-1-3-11(9-21)4-2-10/h1-9H. The molecule has 3 rings (SSSR count). The molecule has 0 bridgehead atoms. The normalized spacial score (nSPS) is 16.1. The van der Waals surface area contributed by atoms with Gasteiger partial charge in [-0.3, -0.25) is 14.5 Å². The largest absolute Gasteiger partial charge is 0.298 e. The summed E-state index contributed by atoms with van der Waals surface area (Å²) in [5.74, 6) is -0.858. The highest BCUT2D eigenvalue weighted by molar-refractivity contribution is 8.27. The molecular formula is C17H9ClFNO2S2. The number of nitrogens with zero attached hydrogens (tertiary/aromatic N) is 1. The Labute approximate surface area is 152 Å². The van der Waals surface area contributed by atoms with Crippen molar-refractivity contribution in [3.63, 3.8) is 0 Å². The summed E-state index contributed by atoms with van der Waals surface area (Å²) in [4.78, 5) is 25.0. The van der Waals surface area contributed by atoms with Gasteiger partial charge in [-0.05, 0) is 29.8 Å². The molecule has 120 valence electrons. The number of carbonyl (C=O) groups excluding carboxylic acids is 2. The summed E-state index contributed by atoms with van der Waals surface area (Å²) in [6.45, 7) is 0. The van der Waals surface area contributed by atoms with Crippen LogP contribution in [0.3, 0.4) is 0 Å². The van der Waals surface area contributed by atoms with E-state index in [9.17, 15) is 14.0 Å². The zero-order valence-corrected chi connectivity index (χ0v) is 14.4. The van der Waals surface area contributed by atoms with E-state index in [0.717, 1.165) is 23.6 Å². The van der Waals surface area contributed by atoms with Gasteiger partial charge < -0.3 is 0 Å². The minimum atomic E-state index is -0.559. The van der Waals surface area contributed by atoms with Gasteiger partial charge in [0, 0.05) is 5.56 Å². The minimum Gasteiger partial charge on any atom is -0.298 e. The maximum atomic E-state index is 13.3. The van der Waals surface area contributed by atoms with Gasteiger partial charge in [-0.25, -0.2) is 4.39 Å². The molecule has 1 amide bonds. The third kappa shape index (κ3) is 3.26. The fourth-order valence-corrected chi connectivity index (χ4v) is 3.61. The van der Waals surface area contributed by atoms with Crippen molar-refractivity contribution in [2.24, 2.45) is 0 Å². The molecule has 1 aliphatic rings. The van der Waals surface area contributed by atoms with Crippen molar-refractivity contribution in [1.29, 1.82) is 0 Å². The third-order valence-corrected chi connectivity index (χ3v) is 4.92.